The third-order valence-electron chi connectivity index (χ3n) is 4.22. The summed E-state index contributed by atoms with van der Waals surface area (Å²) in [4.78, 5) is 28.0. The van der Waals surface area contributed by atoms with Gasteiger partial charge in [-0.05, 0) is 36.8 Å². The summed E-state index contributed by atoms with van der Waals surface area (Å²) in [5, 5.41) is 0. The van der Waals surface area contributed by atoms with Gasteiger partial charge in [0.15, 0.2) is 0 Å². The van der Waals surface area contributed by atoms with Gasteiger partial charge in [-0.3, -0.25) is 9.59 Å². The summed E-state index contributed by atoms with van der Waals surface area (Å²) in [5.74, 6) is 0.822. The number of carbonyl (C=O) groups is 2. The highest BCUT2D eigenvalue weighted by molar-refractivity contribution is 8.04. The molecular weight excluding hydrogens is 358 g/mol. The van der Waals surface area contributed by atoms with E-state index >= 15 is 0 Å². The van der Waals surface area contributed by atoms with Gasteiger partial charge in [-0.2, -0.15) is 0 Å². The van der Waals surface area contributed by atoms with Gasteiger partial charge in [-0.25, -0.2) is 4.90 Å². The van der Waals surface area contributed by atoms with Crippen LogP contribution >= 0.6 is 11.8 Å². The minimum absolute atomic E-state index is 0.268. The van der Waals surface area contributed by atoms with Crippen molar-refractivity contribution in [3.8, 4) is 5.75 Å². The van der Waals surface area contributed by atoms with Crippen LogP contribution in [-0.4, -0.2) is 24.2 Å². The number of rotatable bonds is 7. The molecule has 0 saturated heterocycles. The van der Waals surface area contributed by atoms with Crippen molar-refractivity contribution in [2.24, 2.45) is 0 Å². The Kier molecular flexibility index (Phi) is 6.01. The van der Waals surface area contributed by atoms with Gasteiger partial charge in [0.05, 0.1) is 22.8 Å². The summed E-state index contributed by atoms with van der Waals surface area (Å²) >= 11 is 1.41. The lowest BCUT2D eigenvalue weighted by molar-refractivity contribution is -0.119. The zero-order chi connectivity index (χ0) is 19.4. The average molecular weight is 381 g/mol. The van der Waals surface area contributed by atoms with E-state index in [1.165, 1.54) is 16.7 Å². The number of thioether (sulfide) groups is 1. The highest BCUT2D eigenvalue weighted by atomic mass is 32.2. The van der Waals surface area contributed by atoms with E-state index in [4.69, 9.17) is 4.74 Å². The van der Waals surface area contributed by atoms with Gasteiger partial charge in [0.2, 0.25) is 0 Å². The Morgan fingerprint density at radius 1 is 1.00 bits per heavy atom. The number of nitrogens with zero attached hydrogens (tertiary/aromatic N) is 1. The van der Waals surface area contributed by atoms with Crippen LogP contribution in [-0.2, 0) is 9.59 Å². The molecular formula is C22H23NO3S. The molecule has 0 N–H and O–H groups in total. The summed E-state index contributed by atoms with van der Waals surface area (Å²) < 4.78 is 5.66. The predicted octanol–water partition coefficient (Wildman–Crippen LogP) is 4.82. The van der Waals surface area contributed by atoms with Crippen LogP contribution < -0.4 is 9.64 Å². The molecule has 27 heavy (non-hydrogen) atoms. The molecule has 0 aliphatic carbocycles. The molecule has 5 heteroatoms. The number of benzene rings is 2. The molecule has 3 rings (SSSR count). The van der Waals surface area contributed by atoms with Crippen molar-refractivity contribution in [1.82, 2.24) is 0 Å². The first kappa shape index (κ1) is 19.2. The molecule has 2 amide bonds. The van der Waals surface area contributed by atoms with E-state index < -0.39 is 0 Å². The van der Waals surface area contributed by atoms with Crippen LogP contribution in [0.1, 0.15) is 31.4 Å². The van der Waals surface area contributed by atoms with Gasteiger partial charge < -0.3 is 4.74 Å². The summed E-state index contributed by atoms with van der Waals surface area (Å²) in [5.41, 5.74) is 2.90. The number of ether oxygens (including phenoxy) is 1. The fraction of sp³-hybridized carbons (Fsp3) is 0.273. The SMILES string of the molecule is CCCOc1cccc(N2C(=O)C(SCC)=C(c3ccc(C)cc3)C2=O)c1. The van der Waals surface area contributed by atoms with E-state index in [1.807, 2.05) is 51.1 Å². The second kappa shape index (κ2) is 8.44. The van der Waals surface area contributed by atoms with Crippen molar-refractivity contribution in [2.45, 2.75) is 27.2 Å². The maximum atomic E-state index is 13.2. The van der Waals surface area contributed by atoms with E-state index in [0.29, 0.717) is 28.5 Å². The van der Waals surface area contributed by atoms with Crippen LogP contribution in [0.2, 0.25) is 0 Å². The molecule has 1 aliphatic rings. The van der Waals surface area contributed by atoms with Crippen LogP contribution in [0, 0.1) is 6.92 Å². The zero-order valence-electron chi connectivity index (χ0n) is 15.8. The lowest BCUT2D eigenvalue weighted by Crippen LogP contribution is -2.31. The Labute approximate surface area is 164 Å². The number of carbonyl (C=O) groups excluding carboxylic acids is 2. The molecule has 4 nitrogen and oxygen atoms in total. The van der Waals surface area contributed by atoms with E-state index in [-0.39, 0.29) is 11.8 Å². The van der Waals surface area contributed by atoms with Gasteiger partial charge in [0, 0.05) is 6.07 Å². The molecule has 1 aliphatic heterocycles. The molecule has 1 heterocycles. The molecule has 0 fully saturated rings. The smallest absolute Gasteiger partial charge is 0.272 e. The van der Waals surface area contributed by atoms with Gasteiger partial charge in [-0.1, -0.05) is 49.7 Å². The Bertz CT molecular complexity index is 887. The lowest BCUT2D eigenvalue weighted by Gasteiger charge is -2.16. The van der Waals surface area contributed by atoms with Crippen molar-refractivity contribution in [1.29, 1.82) is 0 Å². The normalized spacial score (nSPS) is 14.3. The Hall–Kier alpha value is -2.53. The zero-order valence-corrected chi connectivity index (χ0v) is 16.6. The third-order valence-corrected chi connectivity index (χ3v) is 5.18. The van der Waals surface area contributed by atoms with Crippen LogP contribution in [0.25, 0.3) is 5.57 Å². The molecule has 0 aromatic heterocycles. The number of hydrogen-bond acceptors (Lipinski definition) is 4. The number of hydrogen-bond donors (Lipinski definition) is 0. The van der Waals surface area contributed by atoms with Gasteiger partial charge in [0.25, 0.3) is 11.8 Å². The number of anilines is 1. The van der Waals surface area contributed by atoms with E-state index in [2.05, 4.69) is 0 Å². The van der Waals surface area contributed by atoms with Gasteiger partial charge >= 0.3 is 0 Å². The standard InChI is InChI=1S/C22H23NO3S/c1-4-13-26-18-8-6-7-17(14-18)23-21(24)19(20(22(23)25)27-5-2)16-11-9-15(3)10-12-16/h6-12,14H,4-5,13H2,1-3H3. The lowest BCUT2D eigenvalue weighted by atomic mass is 10.0. The minimum Gasteiger partial charge on any atom is -0.494 e. The van der Waals surface area contributed by atoms with Crippen molar-refractivity contribution in [2.75, 3.05) is 17.3 Å². The molecule has 2 aromatic carbocycles. The number of imide groups is 1. The molecule has 0 saturated carbocycles. The van der Waals surface area contributed by atoms with Crippen molar-refractivity contribution < 1.29 is 14.3 Å². The molecule has 0 atom stereocenters. The van der Waals surface area contributed by atoms with Gasteiger partial charge in [-0.15, -0.1) is 11.8 Å². The fourth-order valence-electron chi connectivity index (χ4n) is 2.93. The topological polar surface area (TPSA) is 46.6 Å². The van der Waals surface area contributed by atoms with E-state index in [0.717, 1.165) is 23.3 Å². The summed E-state index contributed by atoms with van der Waals surface area (Å²) in [6, 6.07) is 14.9. The summed E-state index contributed by atoms with van der Waals surface area (Å²) in [7, 11) is 0. The van der Waals surface area contributed by atoms with Gasteiger partial charge in [0.1, 0.15) is 5.75 Å². The quantitative estimate of drug-likeness (QED) is 0.645. The van der Waals surface area contributed by atoms with E-state index in [9.17, 15) is 9.59 Å². The van der Waals surface area contributed by atoms with Crippen LogP contribution in [0.5, 0.6) is 5.75 Å². The largest absolute Gasteiger partial charge is 0.494 e. The first-order chi connectivity index (χ1) is 13.1. The molecule has 0 spiro atoms. The Morgan fingerprint density at radius 3 is 2.41 bits per heavy atom. The molecule has 0 bridgehead atoms. The molecule has 0 radical (unpaired) electrons. The second-order valence-corrected chi connectivity index (χ2v) is 7.57. The predicted molar refractivity (Wildman–Crippen MR) is 111 cm³/mol. The second-order valence-electron chi connectivity index (χ2n) is 6.29. The molecule has 140 valence electrons. The number of amides is 2. The van der Waals surface area contributed by atoms with E-state index in [1.54, 1.807) is 18.2 Å². The van der Waals surface area contributed by atoms with Crippen molar-refractivity contribution >= 4 is 34.8 Å². The first-order valence-electron chi connectivity index (χ1n) is 9.12. The average Bonchev–Trinajstić information content (AvgIpc) is 2.91. The van der Waals surface area contributed by atoms with Crippen LogP contribution in [0.4, 0.5) is 5.69 Å². The maximum absolute atomic E-state index is 13.2. The van der Waals surface area contributed by atoms with Crippen LogP contribution in [0.3, 0.4) is 0 Å². The monoisotopic (exact) mass is 381 g/mol. The molecule has 2 aromatic rings. The maximum Gasteiger partial charge on any atom is 0.272 e. The van der Waals surface area contributed by atoms with Crippen molar-refractivity contribution in [3.05, 3.63) is 64.6 Å². The third kappa shape index (κ3) is 3.93. The minimum atomic E-state index is -0.285. The summed E-state index contributed by atoms with van der Waals surface area (Å²) in [6.45, 7) is 6.60. The Morgan fingerprint density at radius 2 is 1.74 bits per heavy atom. The highest BCUT2D eigenvalue weighted by Gasteiger charge is 2.40. The first-order valence-corrected chi connectivity index (χ1v) is 10.1. The fourth-order valence-corrected chi connectivity index (χ4v) is 3.78. The van der Waals surface area contributed by atoms with Crippen molar-refractivity contribution in [3.63, 3.8) is 0 Å². The highest BCUT2D eigenvalue weighted by Crippen LogP contribution is 2.39. The number of aryl methyl sites for hydroxylation is 1. The summed E-state index contributed by atoms with van der Waals surface area (Å²) in [6.07, 6.45) is 0.891. The van der Waals surface area contributed by atoms with Crippen LogP contribution in [0.15, 0.2) is 53.4 Å². The Balaban J connectivity index is 2.00. The molecule has 0 unspecified atom stereocenters.